The molecule has 1 N–H and O–H groups in total. The Hall–Kier alpha value is -3.14. The van der Waals surface area contributed by atoms with Gasteiger partial charge in [-0.2, -0.15) is 0 Å². The molecule has 0 radical (unpaired) electrons. The lowest BCUT2D eigenvalue weighted by Gasteiger charge is -2.44. The maximum absolute atomic E-state index is 11.9. The average molecular weight is 451 g/mol. The molecule has 176 valence electrons. The van der Waals surface area contributed by atoms with E-state index in [1.165, 1.54) is 27.7 Å². The summed E-state index contributed by atoms with van der Waals surface area (Å²) in [5.74, 6) is -1.87. The number of aryl methyl sites for hydroxylation is 2. The first-order valence-electron chi connectivity index (χ1n) is 10.1. The van der Waals surface area contributed by atoms with E-state index >= 15 is 0 Å². The van der Waals surface area contributed by atoms with Crippen molar-refractivity contribution in [1.82, 2.24) is 5.32 Å². The fourth-order valence-electron chi connectivity index (χ4n) is 3.45. The molecule has 1 amide bonds. The van der Waals surface area contributed by atoms with Crippen LogP contribution in [0.1, 0.15) is 38.8 Å². The number of rotatable bonds is 7. The monoisotopic (exact) mass is 451 g/mol. The smallest absolute Gasteiger partial charge is 0.303 e. The molecule has 5 atom stereocenters. The van der Waals surface area contributed by atoms with Gasteiger partial charge in [0.15, 0.2) is 12.2 Å². The molecule has 10 heteroatoms. The third-order valence-corrected chi connectivity index (χ3v) is 4.64. The molecule has 1 aliphatic heterocycles. The fraction of sp³-hybridized carbons (Fsp3) is 0.545. The number of carbonyl (C=O) groups excluding carboxylic acids is 4. The van der Waals surface area contributed by atoms with Crippen LogP contribution < -0.4 is 10.1 Å². The Kier molecular flexibility index (Phi) is 8.59. The van der Waals surface area contributed by atoms with Gasteiger partial charge in [-0.05, 0) is 25.5 Å². The van der Waals surface area contributed by atoms with Gasteiger partial charge < -0.3 is 29.0 Å². The highest BCUT2D eigenvalue weighted by molar-refractivity contribution is 5.73. The quantitative estimate of drug-likeness (QED) is 0.483. The predicted octanol–water partition coefficient (Wildman–Crippen LogP) is 1.34. The second-order valence-corrected chi connectivity index (χ2v) is 7.61. The van der Waals surface area contributed by atoms with E-state index < -0.39 is 54.5 Å². The summed E-state index contributed by atoms with van der Waals surface area (Å²) in [5.41, 5.74) is 1.84. The highest BCUT2D eigenvalue weighted by Crippen LogP contribution is 2.30. The summed E-state index contributed by atoms with van der Waals surface area (Å²) < 4.78 is 27.9. The van der Waals surface area contributed by atoms with Crippen LogP contribution in [0, 0.1) is 13.8 Å². The zero-order valence-electron chi connectivity index (χ0n) is 19.0. The van der Waals surface area contributed by atoms with Crippen LogP contribution in [0.15, 0.2) is 18.2 Å². The second kappa shape index (κ2) is 10.9. The Balaban J connectivity index is 2.47. The number of nitrogens with one attached hydrogen (secondary N) is 1. The van der Waals surface area contributed by atoms with Crippen LogP contribution in [0.4, 0.5) is 0 Å². The third kappa shape index (κ3) is 6.94. The van der Waals surface area contributed by atoms with Crippen molar-refractivity contribution >= 4 is 23.8 Å². The van der Waals surface area contributed by atoms with E-state index in [-0.39, 0.29) is 6.61 Å². The summed E-state index contributed by atoms with van der Waals surface area (Å²) in [4.78, 5) is 46.9. The largest absolute Gasteiger partial charge is 0.463 e. The van der Waals surface area contributed by atoms with Gasteiger partial charge in [0.2, 0.25) is 12.2 Å². The van der Waals surface area contributed by atoms with Crippen molar-refractivity contribution in [3.05, 3.63) is 29.3 Å². The minimum Gasteiger partial charge on any atom is -0.463 e. The molecule has 0 unspecified atom stereocenters. The predicted molar refractivity (Wildman–Crippen MR) is 111 cm³/mol. The summed E-state index contributed by atoms with van der Waals surface area (Å²) in [6.45, 7) is 8.36. The van der Waals surface area contributed by atoms with Crippen molar-refractivity contribution in [3.8, 4) is 5.75 Å². The van der Waals surface area contributed by atoms with Crippen molar-refractivity contribution in [2.24, 2.45) is 0 Å². The average Bonchev–Trinajstić information content (AvgIpc) is 2.65. The van der Waals surface area contributed by atoms with E-state index in [0.717, 1.165) is 11.1 Å². The van der Waals surface area contributed by atoms with E-state index in [4.69, 9.17) is 23.7 Å². The molecule has 0 aromatic heterocycles. The lowest BCUT2D eigenvalue weighted by atomic mass is 9.96. The first-order chi connectivity index (χ1) is 15.0. The van der Waals surface area contributed by atoms with Crippen molar-refractivity contribution in [2.45, 2.75) is 72.2 Å². The number of hydrogen-bond donors (Lipinski definition) is 1. The molecule has 1 aliphatic rings. The summed E-state index contributed by atoms with van der Waals surface area (Å²) in [6, 6.07) is 4.49. The standard InChI is InChI=1S/C22H29NO9/c1-11-7-8-17(12(2)9-11)31-22-19(23-13(3)24)21(30-16(6)27)20(29-15(5)26)18(32-22)10-28-14(4)25/h7-9,18-22H,10H2,1-6H3,(H,23,24)/t18-,19-,20+,21-,22-/m0/s1. The van der Waals surface area contributed by atoms with Crippen LogP contribution in [-0.4, -0.2) is 61.1 Å². The van der Waals surface area contributed by atoms with Crippen molar-refractivity contribution in [1.29, 1.82) is 0 Å². The molecule has 32 heavy (non-hydrogen) atoms. The van der Waals surface area contributed by atoms with Gasteiger partial charge in [0.25, 0.3) is 0 Å². The number of ether oxygens (including phenoxy) is 5. The van der Waals surface area contributed by atoms with Crippen molar-refractivity contribution in [3.63, 3.8) is 0 Å². The number of hydrogen-bond acceptors (Lipinski definition) is 9. The molecule has 1 heterocycles. The Labute approximate surface area is 186 Å². The second-order valence-electron chi connectivity index (χ2n) is 7.61. The van der Waals surface area contributed by atoms with Crippen molar-refractivity contribution in [2.75, 3.05) is 6.61 Å². The Morgan fingerprint density at radius 2 is 1.56 bits per heavy atom. The summed E-state index contributed by atoms with van der Waals surface area (Å²) in [5, 5.41) is 2.66. The van der Waals surface area contributed by atoms with Crippen LogP contribution in [0.3, 0.4) is 0 Å². The van der Waals surface area contributed by atoms with Gasteiger partial charge in [-0.25, -0.2) is 0 Å². The third-order valence-electron chi connectivity index (χ3n) is 4.64. The van der Waals surface area contributed by atoms with Crippen LogP contribution in [-0.2, 0) is 38.1 Å². The van der Waals surface area contributed by atoms with Gasteiger partial charge in [0.1, 0.15) is 24.5 Å². The number of amides is 1. The van der Waals surface area contributed by atoms with E-state index in [1.807, 2.05) is 26.0 Å². The van der Waals surface area contributed by atoms with Gasteiger partial charge >= 0.3 is 17.9 Å². The molecular formula is C22H29NO9. The van der Waals surface area contributed by atoms with Gasteiger partial charge in [-0.3, -0.25) is 19.2 Å². The van der Waals surface area contributed by atoms with E-state index in [1.54, 1.807) is 6.07 Å². The lowest BCUT2D eigenvalue weighted by Crippen LogP contribution is -2.67. The summed E-state index contributed by atoms with van der Waals surface area (Å²) in [6.07, 6.45) is -4.48. The van der Waals surface area contributed by atoms with Gasteiger partial charge in [-0.15, -0.1) is 0 Å². The van der Waals surface area contributed by atoms with Gasteiger partial charge in [0.05, 0.1) is 0 Å². The maximum atomic E-state index is 11.9. The lowest BCUT2D eigenvalue weighted by molar-refractivity contribution is -0.257. The molecule has 2 rings (SSSR count). The molecule has 1 saturated heterocycles. The first kappa shape index (κ1) is 25.1. The number of carbonyl (C=O) groups is 4. The zero-order valence-corrected chi connectivity index (χ0v) is 19.0. The highest BCUT2D eigenvalue weighted by atomic mass is 16.7. The van der Waals surface area contributed by atoms with Crippen LogP contribution >= 0.6 is 0 Å². The molecule has 0 saturated carbocycles. The van der Waals surface area contributed by atoms with Gasteiger partial charge in [0, 0.05) is 27.7 Å². The summed E-state index contributed by atoms with van der Waals surface area (Å²) in [7, 11) is 0. The van der Waals surface area contributed by atoms with Crippen molar-refractivity contribution < 1.29 is 42.9 Å². The molecular weight excluding hydrogens is 422 g/mol. The minimum atomic E-state index is -1.16. The molecule has 1 fully saturated rings. The number of benzene rings is 1. The SMILES string of the molecule is CC(=O)N[C@@H]1[C@@H](Oc2ccc(C)cc2C)O[C@@H](COC(C)=O)[C@@H](OC(C)=O)[C@H]1OC(C)=O. The Bertz CT molecular complexity index is 869. The minimum absolute atomic E-state index is 0.287. The highest BCUT2D eigenvalue weighted by Gasteiger charge is 2.52. The maximum Gasteiger partial charge on any atom is 0.303 e. The van der Waals surface area contributed by atoms with Crippen LogP contribution in [0.5, 0.6) is 5.75 Å². The molecule has 10 nitrogen and oxygen atoms in total. The molecule has 0 aliphatic carbocycles. The van der Waals surface area contributed by atoms with E-state index in [2.05, 4.69) is 5.32 Å². The molecule has 0 spiro atoms. The molecule has 1 aromatic rings. The topological polar surface area (TPSA) is 126 Å². The van der Waals surface area contributed by atoms with E-state index in [0.29, 0.717) is 5.75 Å². The van der Waals surface area contributed by atoms with Crippen LogP contribution in [0.25, 0.3) is 0 Å². The molecule has 1 aromatic carbocycles. The number of esters is 3. The molecule has 0 bridgehead atoms. The zero-order chi connectivity index (χ0) is 24.0. The Morgan fingerprint density at radius 1 is 0.938 bits per heavy atom. The van der Waals surface area contributed by atoms with Crippen LogP contribution in [0.2, 0.25) is 0 Å². The van der Waals surface area contributed by atoms with E-state index in [9.17, 15) is 19.2 Å². The first-order valence-corrected chi connectivity index (χ1v) is 10.1. The van der Waals surface area contributed by atoms with Gasteiger partial charge in [-0.1, -0.05) is 17.7 Å². The Morgan fingerprint density at radius 3 is 2.09 bits per heavy atom. The fourth-order valence-corrected chi connectivity index (χ4v) is 3.45. The summed E-state index contributed by atoms with van der Waals surface area (Å²) >= 11 is 0. The normalized spacial score (nSPS) is 24.8.